The Labute approximate surface area is 83.5 Å². The van der Waals surface area contributed by atoms with Gasteiger partial charge in [-0.3, -0.25) is 0 Å². The highest BCUT2D eigenvalue weighted by Crippen LogP contribution is 2.31. The van der Waals surface area contributed by atoms with Gasteiger partial charge in [0.15, 0.2) is 0 Å². The molecule has 0 aromatic carbocycles. The van der Waals surface area contributed by atoms with Crippen molar-refractivity contribution in [3.63, 3.8) is 0 Å². The SMILES string of the molecule is CCCC(O)CC(C)(C)CC(C)C. The van der Waals surface area contributed by atoms with Crippen LogP contribution in [-0.4, -0.2) is 11.2 Å². The Kier molecular flexibility index (Phi) is 5.62. The topological polar surface area (TPSA) is 20.2 Å². The highest BCUT2D eigenvalue weighted by Gasteiger charge is 2.22. The van der Waals surface area contributed by atoms with Crippen molar-refractivity contribution in [2.75, 3.05) is 0 Å². The molecule has 0 aromatic heterocycles. The van der Waals surface area contributed by atoms with Gasteiger partial charge in [0.1, 0.15) is 0 Å². The molecule has 0 fully saturated rings. The van der Waals surface area contributed by atoms with E-state index in [1.165, 1.54) is 6.42 Å². The van der Waals surface area contributed by atoms with Crippen LogP contribution in [0.2, 0.25) is 0 Å². The Bertz CT molecular complexity index is 127. The molecule has 0 rings (SSSR count). The predicted molar refractivity (Wildman–Crippen MR) is 58.8 cm³/mol. The van der Waals surface area contributed by atoms with Gasteiger partial charge in [0.05, 0.1) is 6.10 Å². The summed E-state index contributed by atoms with van der Waals surface area (Å²) in [5.41, 5.74) is 0.294. The van der Waals surface area contributed by atoms with Crippen molar-refractivity contribution in [1.29, 1.82) is 0 Å². The van der Waals surface area contributed by atoms with E-state index in [1.807, 2.05) is 0 Å². The Morgan fingerprint density at radius 1 is 1.15 bits per heavy atom. The van der Waals surface area contributed by atoms with Gasteiger partial charge in [-0.05, 0) is 30.6 Å². The summed E-state index contributed by atoms with van der Waals surface area (Å²) < 4.78 is 0. The van der Waals surface area contributed by atoms with Gasteiger partial charge in [0.2, 0.25) is 0 Å². The summed E-state index contributed by atoms with van der Waals surface area (Å²) in [6, 6.07) is 0. The molecule has 0 aliphatic heterocycles. The average molecular weight is 186 g/mol. The van der Waals surface area contributed by atoms with Crippen molar-refractivity contribution in [3.8, 4) is 0 Å². The quantitative estimate of drug-likeness (QED) is 0.672. The molecule has 0 saturated heterocycles. The van der Waals surface area contributed by atoms with Gasteiger partial charge in [0, 0.05) is 0 Å². The number of hydrogen-bond donors (Lipinski definition) is 1. The van der Waals surface area contributed by atoms with Crippen LogP contribution in [0.15, 0.2) is 0 Å². The van der Waals surface area contributed by atoms with E-state index in [4.69, 9.17) is 0 Å². The zero-order valence-electron chi connectivity index (χ0n) is 9.93. The fourth-order valence-corrected chi connectivity index (χ4v) is 2.26. The second kappa shape index (κ2) is 5.64. The second-order valence-corrected chi connectivity index (χ2v) is 5.41. The molecule has 0 heterocycles. The summed E-state index contributed by atoms with van der Waals surface area (Å²) in [6.45, 7) is 11.1. The van der Waals surface area contributed by atoms with Crippen LogP contribution in [0.5, 0.6) is 0 Å². The maximum atomic E-state index is 9.70. The van der Waals surface area contributed by atoms with Crippen LogP contribution in [0.4, 0.5) is 0 Å². The van der Waals surface area contributed by atoms with E-state index in [0.29, 0.717) is 5.41 Å². The van der Waals surface area contributed by atoms with Gasteiger partial charge >= 0.3 is 0 Å². The third-order valence-corrected chi connectivity index (χ3v) is 2.37. The molecule has 13 heavy (non-hydrogen) atoms. The summed E-state index contributed by atoms with van der Waals surface area (Å²) in [7, 11) is 0. The Hall–Kier alpha value is -0.0400. The normalized spacial score (nSPS) is 15.0. The summed E-state index contributed by atoms with van der Waals surface area (Å²) in [6.07, 6.45) is 4.08. The van der Waals surface area contributed by atoms with Crippen LogP contribution in [0.25, 0.3) is 0 Å². The van der Waals surface area contributed by atoms with Crippen molar-refractivity contribution in [2.24, 2.45) is 11.3 Å². The first kappa shape index (κ1) is 13.0. The molecule has 0 aromatic rings. The van der Waals surface area contributed by atoms with E-state index in [0.717, 1.165) is 25.2 Å². The zero-order valence-corrected chi connectivity index (χ0v) is 9.93. The molecule has 1 N–H and O–H groups in total. The Morgan fingerprint density at radius 2 is 1.69 bits per heavy atom. The first-order chi connectivity index (χ1) is 5.87. The van der Waals surface area contributed by atoms with Crippen molar-refractivity contribution in [2.45, 2.75) is 66.4 Å². The van der Waals surface area contributed by atoms with E-state index >= 15 is 0 Å². The van der Waals surface area contributed by atoms with Crippen molar-refractivity contribution < 1.29 is 5.11 Å². The maximum Gasteiger partial charge on any atom is 0.0545 e. The molecule has 0 aliphatic carbocycles. The fourth-order valence-electron chi connectivity index (χ4n) is 2.26. The lowest BCUT2D eigenvalue weighted by Gasteiger charge is -2.29. The largest absolute Gasteiger partial charge is 0.393 e. The third kappa shape index (κ3) is 7.06. The standard InChI is InChI=1S/C12H26O/c1-6-7-11(13)9-12(4,5)8-10(2)3/h10-11,13H,6-9H2,1-5H3. The Balaban J connectivity index is 3.85. The van der Waals surface area contributed by atoms with Gasteiger partial charge in [-0.1, -0.05) is 41.0 Å². The molecule has 0 saturated carbocycles. The zero-order chi connectivity index (χ0) is 10.5. The predicted octanol–water partition coefficient (Wildman–Crippen LogP) is 3.61. The van der Waals surface area contributed by atoms with Crippen LogP contribution in [0.3, 0.4) is 0 Å². The first-order valence-electron chi connectivity index (χ1n) is 5.55. The molecule has 0 radical (unpaired) electrons. The van der Waals surface area contributed by atoms with E-state index in [-0.39, 0.29) is 6.10 Å². The molecular formula is C12H26O. The molecular weight excluding hydrogens is 160 g/mol. The number of hydrogen-bond acceptors (Lipinski definition) is 1. The highest BCUT2D eigenvalue weighted by molar-refractivity contribution is 4.74. The van der Waals surface area contributed by atoms with Crippen LogP contribution in [-0.2, 0) is 0 Å². The van der Waals surface area contributed by atoms with Crippen molar-refractivity contribution in [1.82, 2.24) is 0 Å². The summed E-state index contributed by atoms with van der Waals surface area (Å²) >= 11 is 0. The fraction of sp³-hybridized carbons (Fsp3) is 1.00. The minimum atomic E-state index is -0.0984. The maximum absolute atomic E-state index is 9.70. The average Bonchev–Trinajstić information content (AvgIpc) is 1.81. The minimum Gasteiger partial charge on any atom is -0.393 e. The number of rotatable bonds is 6. The van der Waals surface area contributed by atoms with Gasteiger partial charge in [-0.2, -0.15) is 0 Å². The molecule has 1 nitrogen and oxygen atoms in total. The van der Waals surface area contributed by atoms with Crippen molar-refractivity contribution >= 4 is 0 Å². The van der Waals surface area contributed by atoms with Gasteiger partial charge in [-0.15, -0.1) is 0 Å². The van der Waals surface area contributed by atoms with Gasteiger partial charge < -0.3 is 5.11 Å². The first-order valence-corrected chi connectivity index (χ1v) is 5.55. The van der Waals surface area contributed by atoms with Crippen LogP contribution in [0, 0.1) is 11.3 Å². The molecule has 0 aliphatic rings. The summed E-state index contributed by atoms with van der Waals surface area (Å²) in [5.74, 6) is 0.726. The van der Waals surface area contributed by atoms with E-state index in [1.54, 1.807) is 0 Å². The van der Waals surface area contributed by atoms with Crippen molar-refractivity contribution in [3.05, 3.63) is 0 Å². The van der Waals surface area contributed by atoms with E-state index in [9.17, 15) is 5.11 Å². The molecule has 1 atom stereocenters. The minimum absolute atomic E-state index is 0.0984. The lowest BCUT2D eigenvalue weighted by Crippen LogP contribution is -2.22. The molecule has 0 spiro atoms. The molecule has 0 amide bonds. The number of aliphatic hydroxyl groups is 1. The lowest BCUT2D eigenvalue weighted by molar-refractivity contribution is 0.0948. The lowest BCUT2D eigenvalue weighted by atomic mass is 9.79. The van der Waals surface area contributed by atoms with Crippen LogP contribution in [0.1, 0.15) is 60.3 Å². The van der Waals surface area contributed by atoms with Crippen LogP contribution >= 0.6 is 0 Å². The highest BCUT2D eigenvalue weighted by atomic mass is 16.3. The monoisotopic (exact) mass is 186 g/mol. The third-order valence-electron chi connectivity index (χ3n) is 2.37. The number of aliphatic hydroxyl groups excluding tert-OH is 1. The Morgan fingerprint density at radius 3 is 2.08 bits per heavy atom. The molecule has 80 valence electrons. The van der Waals surface area contributed by atoms with Gasteiger partial charge in [-0.25, -0.2) is 0 Å². The van der Waals surface area contributed by atoms with E-state index in [2.05, 4.69) is 34.6 Å². The molecule has 0 bridgehead atoms. The second-order valence-electron chi connectivity index (χ2n) is 5.41. The molecule has 1 unspecified atom stereocenters. The van der Waals surface area contributed by atoms with E-state index < -0.39 is 0 Å². The molecule has 1 heteroatoms. The summed E-state index contributed by atoms with van der Waals surface area (Å²) in [4.78, 5) is 0. The smallest absolute Gasteiger partial charge is 0.0545 e. The van der Waals surface area contributed by atoms with Gasteiger partial charge in [0.25, 0.3) is 0 Å². The van der Waals surface area contributed by atoms with Crippen LogP contribution < -0.4 is 0 Å². The summed E-state index contributed by atoms with van der Waals surface area (Å²) in [5, 5.41) is 9.70.